The topological polar surface area (TPSA) is 72.9 Å². The molecule has 1 unspecified atom stereocenters. The molecule has 0 fully saturated rings. The zero-order valence-electron chi connectivity index (χ0n) is 16.3. The van der Waals surface area contributed by atoms with Crippen LogP contribution in [-0.4, -0.2) is 28.3 Å². The average Bonchev–Trinajstić information content (AvgIpc) is 3.23. The summed E-state index contributed by atoms with van der Waals surface area (Å²) in [4.78, 5) is 14.6. The highest BCUT2D eigenvalue weighted by Crippen LogP contribution is 2.33. The van der Waals surface area contributed by atoms with E-state index < -0.39 is 0 Å². The Balaban J connectivity index is 1.80. The molecule has 1 atom stereocenters. The summed E-state index contributed by atoms with van der Waals surface area (Å²) in [5.74, 6) is -0.445. The number of nitrogens with zero attached hydrogens (tertiary/aromatic N) is 2. The molecule has 0 saturated carbocycles. The Kier molecular flexibility index (Phi) is 6.26. The van der Waals surface area contributed by atoms with Crippen LogP contribution in [0.1, 0.15) is 32.6 Å². The number of carbonyl (C=O) groups is 1. The fraction of sp³-hybridized carbons (Fsp3) is 0.333. The molecular weight excluding hydrogens is 375 g/mol. The maximum atomic E-state index is 13.4. The van der Waals surface area contributed by atoms with Crippen LogP contribution in [0.15, 0.2) is 36.5 Å². The maximum Gasteiger partial charge on any atom is 0.261 e. The molecule has 0 aliphatic rings. The van der Waals surface area contributed by atoms with Gasteiger partial charge >= 0.3 is 0 Å². The highest BCUT2D eigenvalue weighted by Gasteiger charge is 2.20. The van der Waals surface area contributed by atoms with Gasteiger partial charge in [0.05, 0.1) is 16.8 Å². The number of hydrogen-bond acceptors (Lipinski definition) is 4. The predicted molar refractivity (Wildman–Crippen MR) is 111 cm³/mol. The van der Waals surface area contributed by atoms with Crippen LogP contribution in [-0.2, 0) is 19.9 Å². The van der Waals surface area contributed by atoms with Crippen molar-refractivity contribution in [2.75, 3.05) is 6.54 Å². The van der Waals surface area contributed by atoms with Gasteiger partial charge in [-0.05, 0) is 49.1 Å². The molecule has 2 heterocycles. The molecule has 0 aliphatic carbocycles. The van der Waals surface area contributed by atoms with Gasteiger partial charge in [0.25, 0.3) is 5.91 Å². The van der Waals surface area contributed by atoms with Crippen LogP contribution in [0.4, 0.5) is 4.39 Å². The number of amides is 1. The second-order valence-corrected chi connectivity index (χ2v) is 7.98. The van der Waals surface area contributed by atoms with Crippen molar-refractivity contribution in [3.8, 4) is 11.3 Å². The molecule has 3 rings (SSSR count). The van der Waals surface area contributed by atoms with Crippen LogP contribution in [0.5, 0.6) is 0 Å². The molecular formula is C21H25FN4OS. The first-order valence-corrected chi connectivity index (χ1v) is 10.1. The van der Waals surface area contributed by atoms with Gasteiger partial charge in [-0.2, -0.15) is 5.10 Å². The summed E-state index contributed by atoms with van der Waals surface area (Å²) < 4.78 is 15.2. The van der Waals surface area contributed by atoms with Crippen molar-refractivity contribution >= 4 is 17.2 Å². The van der Waals surface area contributed by atoms with Gasteiger partial charge in [0.1, 0.15) is 5.82 Å². The van der Waals surface area contributed by atoms with Crippen molar-refractivity contribution < 1.29 is 9.18 Å². The van der Waals surface area contributed by atoms with E-state index in [-0.39, 0.29) is 24.3 Å². The van der Waals surface area contributed by atoms with E-state index in [0.717, 1.165) is 33.7 Å². The third kappa shape index (κ3) is 4.31. The van der Waals surface area contributed by atoms with E-state index in [1.54, 1.807) is 6.07 Å². The smallest absolute Gasteiger partial charge is 0.261 e. The van der Waals surface area contributed by atoms with Gasteiger partial charge in [-0.3, -0.25) is 9.48 Å². The van der Waals surface area contributed by atoms with E-state index in [4.69, 9.17) is 5.73 Å². The summed E-state index contributed by atoms with van der Waals surface area (Å²) in [5.41, 5.74) is 9.81. The molecule has 0 radical (unpaired) electrons. The molecule has 1 aromatic carbocycles. The van der Waals surface area contributed by atoms with Gasteiger partial charge in [-0.15, -0.1) is 11.3 Å². The average molecular weight is 401 g/mol. The SMILES string of the molecule is CCc1sc(C(=O)NC(CN)Cc2cccc(F)c2)cc1-c1c(C)cnn1C. The number of nitrogens with one attached hydrogen (secondary N) is 1. The molecule has 0 aliphatic heterocycles. The first kappa shape index (κ1) is 20.2. The molecule has 28 heavy (non-hydrogen) atoms. The van der Waals surface area contributed by atoms with Crippen LogP contribution in [0.2, 0.25) is 0 Å². The normalized spacial score (nSPS) is 12.2. The maximum absolute atomic E-state index is 13.4. The molecule has 0 bridgehead atoms. The fourth-order valence-corrected chi connectivity index (χ4v) is 4.34. The number of thiophene rings is 1. The number of benzene rings is 1. The lowest BCUT2D eigenvalue weighted by molar-refractivity contribution is 0.0942. The Morgan fingerprint density at radius 1 is 1.39 bits per heavy atom. The van der Waals surface area contributed by atoms with Crippen molar-refractivity contribution in [1.82, 2.24) is 15.1 Å². The quantitative estimate of drug-likeness (QED) is 0.638. The van der Waals surface area contributed by atoms with Gasteiger partial charge in [-0.25, -0.2) is 4.39 Å². The summed E-state index contributed by atoms with van der Waals surface area (Å²) in [7, 11) is 1.91. The minimum atomic E-state index is -0.290. The lowest BCUT2D eigenvalue weighted by Gasteiger charge is -2.16. The lowest BCUT2D eigenvalue weighted by Crippen LogP contribution is -2.41. The largest absolute Gasteiger partial charge is 0.347 e. The van der Waals surface area contributed by atoms with Crippen LogP contribution in [0.25, 0.3) is 11.3 Å². The Morgan fingerprint density at radius 3 is 2.79 bits per heavy atom. The lowest BCUT2D eigenvalue weighted by atomic mass is 10.1. The second-order valence-electron chi connectivity index (χ2n) is 6.84. The molecule has 3 N–H and O–H groups in total. The number of nitrogens with two attached hydrogens (primary N) is 1. The molecule has 148 valence electrons. The molecule has 5 nitrogen and oxygen atoms in total. The van der Waals surface area contributed by atoms with E-state index >= 15 is 0 Å². The zero-order valence-corrected chi connectivity index (χ0v) is 17.1. The number of hydrogen-bond donors (Lipinski definition) is 2. The molecule has 7 heteroatoms. The fourth-order valence-electron chi connectivity index (χ4n) is 3.34. The summed E-state index contributed by atoms with van der Waals surface area (Å²) >= 11 is 1.49. The molecule has 2 aromatic heterocycles. The third-order valence-electron chi connectivity index (χ3n) is 4.72. The van der Waals surface area contributed by atoms with E-state index in [2.05, 4.69) is 17.3 Å². The first-order valence-electron chi connectivity index (χ1n) is 9.30. The van der Waals surface area contributed by atoms with Crippen LogP contribution in [0.3, 0.4) is 0 Å². The Hall–Kier alpha value is -2.51. The van der Waals surface area contributed by atoms with Gasteiger partial charge in [0.2, 0.25) is 0 Å². The van der Waals surface area contributed by atoms with Crippen LogP contribution < -0.4 is 11.1 Å². The number of aryl methyl sites for hydroxylation is 3. The summed E-state index contributed by atoms with van der Waals surface area (Å²) in [6.45, 7) is 4.37. The van der Waals surface area contributed by atoms with Gasteiger partial charge in [0.15, 0.2) is 0 Å². The molecule has 1 amide bonds. The standard InChI is InChI=1S/C21H25FN4OS/c1-4-18-17(20-13(2)12-24-26(20)3)10-19(28-18)21(27)25-16(11-23)9-14-6-5-7-15(22)8-14/h5-8,10,12,16H,4,9,11,23H2,1-3H3,(H,25,27). The highest BCUT2D eigenvalue weighted by molar-refractivity contribution is 7.14. The van der Waals surface area contributed by atoms with E-state index in [9.17, 15) is 9.18 Å². The Labute approximate surface area is 168 Å². The van der Waals surface area contributed by atoms with E-state index in [1.807, 2.05) is 37.0 Å². The Bertz CT molecular complexity index is 959. The van der Waals surface area contributed by atoms with Crippen molar-refractivity contribution in [2.24, 2.45) is 12.8 Å². The molecule has 0 saturated heterocycles. The van der Waals surface area contributed by atoms with Crippen LogP contribution >= 0.6 is 11.3 Å². The van der Waals surface area contributed by atoms with Gasteiger partial charge < -0.3 is 11.1 Å². The minimum Gasteiger partial charge on any atom is -0.347 e. The second kappa shape index (κ2) is 8.67. The number of halogens is 1. The monoisotopic (exact) mass is 400 g/mol. The molecule has 3 aromatic rings. The number of rotatable bonds is 7. The van der Waals surface area contributed by atoms with E-state index in [0.29, 0.717) is 11.3 Å². The van der Waals surface area contributed by atoms with Crippen molar-refractivity contribution in [3.05, 3.63) is 63.2 Å². The number of carbonyl (C=O) groups excluding carboxylic acids is 1. The van der Waals surface area contributed by atoms with Crippen molar-refractivity contribution in [1.29, 1.82) is 0 Å². The summed E-state index contributed by atoms with van der Waals surface area (Å²) in [6, 6.07) is 8.04. The summed E-state index contributed by atoms with van der Waals surface area (Å²) in [6.07, 6.45) is 3.15. The predicted octanol–water partition coefficient (Wildman–Crippen LogP) is 3.46. The number of aromatic nitrogens is 2. The molecule has 0 spiro atoms. The van der Waals surface area contributed by atoms with E-state index in [1.165, 1.54) is 23.5 Å². The Morgan fingerprint density at radius 2 is 2.18 bits per heavy atom. The summed E-state index contributed by atoms with van der Waals surface area (Å²) in [5, 5.41) is 7.30. The van der Waals surface area contributed by atoms with Gasteiger partial charge in [-0.1, -0.05) is 19.1 Å². The highest BCUT2D eigenvalue weighted by atomic mass is 32.1. The first-order chi connectivity index (χ1) is 13.4. The third-order valence-corrected chi connectivity index (χ3v) is 6.00. The zero-order chi connectivity index (χ0) is 20.3. The van der Waals surface area contributed by atoms with Crippen LogP contribution in [0, 0.1) is 12.7 Å². The van der Waals surface area contributed by atoms with Gasteiger partial charge in [0, 0.05) is 30.1 Å². The van der Waals surface area contributed by atoms with Crippen molar-refractivity contribution in [2.45, 2.75) is 32.7 Å². The minimum absolute atomic E-state index is 0.155. The van der Waals surface area contributed by atoms with Crippen molar-refractivity contribution in [3.63, 3.8) is 0 Å².